The third-order valence-electron chi connectivity index (χ3n) is 2.94. The number of aliphatic hydroxyl groups is 1. The zero-order valence-corrected chi connectivity index (χ0v) is 10.0. The van der Waals surface area contributed by atoms with Gasteiger partial charge in [0.05, 0.1) is 28.6 Å². The average molecular weight is 258 g/mol. The lowest BCUT2D eigenvalue weighted by Gasteiger charge is -2.46. The molecule has 1 aliphatic heterocycles. The summed E-state index contributed by atoms with van der Waals surface area (Å²) >= 11 is 5.68. The van der Waals surface area contributed by atoms with E-state index in [1.807, 2.05) is 6.92 Å². The number of nitrogens with zero attached hydrogens (tertiary/aromatic N) is 3. The summed E-state index contributed by atoms with van der Waals surface area (Å²) in [6.07, 6.45) is 1.98. The van der Waals surface area contributed by atoms with Gasteiger partial charge in [-0.15, -0.1) is 0 Å². The Labute approximate surface area is 103 Å². The molecule has 7 heteroatoms. The Balaban J connectivity index is 2.26. The lowest BCUT2D eigenvalue weighted by Crippen LogP contribution is -2.62. The highest BCUT2D eigenvalue weighted by Crippen LogP contribution is 2.35. The molecule has 1 fully saturated rings. The number of hydrogen-bond donors (Lipinski definition) is 1. The molecule has 0 aromatic carbocycles. The Kier molecular flexibility index (Phi) is 2.92. The minimum Gasteiger partial charge on any atom is -0.386 e. The predicted octanol–water partition coefficient (Wildman–Crippen LogP) is 1.60. The Morgan fingerprint density at radius 2 is 2.35 bits per heavy atom. The van der Waals surface area contributed by atoms with Crippen LogP contribution < -0.4 is 4.90 Å². The fourth-order valence-electron chi connectivity index (χ4n) is 1.84. The Hall–Kier alpha value is -1.40. The molecule has 0 saturated carbocycles. The van der Waals surface area contributed by atoms with Crippen LogP contribution in [0.5, 0.6) is 0 Å². The normalized spacial score (nSPS) is 17.7. The molecule has 17 heavy (non-hydrogen) atoms. The molecule has 0 bridgehead atoms. The maximum Gasteiger partial charge on any atom is 0.313 e. The molecule has 0 atom stereocenters. The Bertz CT molecular complexity index is 460. The van der Waals surface area contributed by atoms with Crippen LogP contribution in [-0.2, 0) is 0 Å². The molecule has 0 unspecified atom stereocenters. The summed E-state index contributed by atoms with van der Waals surface area (Å²) in [6.45, 7) is 2.60. The second kappa shape index (κ2) is 4.12. The number of hydrogen-bond acceptors (Lipinski definition) is 5. The summed E-state index contributed by atoms with van der Waals surface area (Å²) in [5.41, 5.74) is -0.884. The zero-order valence-electron chi connectivity index (χ0n) is 9.26. The van der Waals surface area contributed by atoms with Gasteiger partial charge in [0, 0.05) is 12.3 Å². The van der Waals surface area contributed by atoms with Gasteiger partial charge in [-0.3, -0.25) is 10.1 Å². The monoisotopic (exact) mass is 257 g/mol. The van der Waals surface area contributed by atoms with Crippen molar-refractivity contribution in [2.75, 3.05) is 18.0 Å². The van der Waals surface area contributed by atoms with Crippen molar-refractivity contribution in [3.63, 3.8) is 0 Å². The number of β-amino-alcohol motifs (C(OH)–C–C–N with tert-alkyl or cyclic N) is 1. The van der Waals surface area contributed by atoms with Crippen molar-refractivity contribution < 1.29 is 10.0 Å². The van der Waals surface area contributed by atoms with E-state index in [4.69, 9.17) is 11.6 Å². The van der Waals surface area contributed by atoms with Gasteiger partial charge in [-0.25, -0.2) is 4.98 Å². The lowest BCUT2D eigenvalue weighted by atomic mass is 9.91. The van der Waals surface area contributed by atoms with Crippen molar-refractivity contribution in [2.45, 2.75) is 18.9 Å². The largest absolute Gasteiger partial charge is 0.386 e. The van der Waals surface area contributed by atoms with Crippen LogP contribution in [0.2, 0.25) is 5.02 Å². The van der Waals surface area contributed by atoms with E-state index < -0.39 is 10.5 Å². The molecule has 0 amide bonds. The van der Waals surface area contributed by atoms with Gasteiger partial charge in [-0.05, 0) is 6.42 Å². The van der Waals surface area contributed by atoms with Crippen LogP contribution in [-0.4, -0.2) is 33.7 Å². The van der Waals surface area contributed by atoms with Crippen molar-refractivity contribution in [2.24, 2.45) is 0 Å². The summed E-state index contributed by atoms with van der Waals surface area (Å²) in [5, 5.41) is 21.0. The van der Waals surface area contributed by atoms with E-state index in [1.165, 1.54) is 12.3 Å². The third kappa shape index (κ3) is 2.18. The summed E-state index contributed by atoms with van der Waals surface area (Å²) < 4.78 is 0. The van der Waals surface area contributed by atoms with Crippen LogP contribution in [0.1, 0.15) is 13.3 Å². The minimum atomic E-state index is -0.755. The molecule has 2 heterocycles. The molecule has 1 aromatic heterocycles. The van der Waals surface area contributed by atoms with Gasteiger partial charge in [0.15, 0.2) is 0 Å². The maximum absolute atomic E-state index is 10.9. The predicted molar refractivity (Wildman–Crippen MR) is 63.4 cm³/mol. The van der Waals surface area contributed by atoms with Gasteiger partial charge in [0.2, 0.25) is 5.82 Å². The number of rotatable bonds is 3. The zero-order chi connectivity index (χ0) is 12.6. The summed E-state index contributed by atoms with van der Waals surface area (Å²) in [5.74, 6) is 0.262. The molecule has 1 aliphatic rings. The molecular formula is C10H12ClN3O3. The number of aromatic nitrogens is 1. The van der Waals surface area contributed by atoms with Crippen molar-refractivity contribution >= 4 is 23.1 Å². The average Bonchev–Trinajstić information content (AvgIpc) is 2.25. The molecule has 0 spiro atoms. The molecule has 1 saturated heterocycles. The van der Waals surface area contributed by atoms with Crippen molar-refractivity contribution in [1.29, 1.82) is 0 Å². The van der Waals surface area contributed by atoms with Gasteiger partial charge in [0.1, 0.15) is 0 Å². The molecular weight excluding hydrogens is 246 g/mol. The Morgan fingerprint density at radius 1 is 1.71 bits per heavy atom. The number of pyridine rings is 1. The van der Waals surface area contributed by atoms with E-state index in [-0.39, 0.29) is 16.5 Å². The number of anilines is 1. The van der Waals surface area contributed by atoms with Crippen molar-refractivity contribution in [1.82, 2.24) is 4.98 Å². The molecule has 6 nitrogen and oxygen atoms in total. The summed E-state index contributed by atoms with van der Waals surface area (Å²) in [6, 6.07) is 1.27. The van der Waals surface area contributed by atoms with Gasteiger partial charge >= 0.3 is 5.69 Å². The lowest BCUT2D eigenvalue weighted by molar-refractivity contribution is -0.384. The van der Waals surface area contributed by atoms with Crippen LogP contribution in [0.3, 0.4) is 0 Å². The molecule has 1 aromatic rings. The molecule has 2 rings (SSSR count). The van der Waals surface area contributed by atoms with Crippen LogP contribution >= 0.6 is 11.6 Å². The first-order chi connectivity index (χ1) is 7.95. The topological polar surface area (TPSA) is 79.5 Å². The molecule has 92 valence electrons. The van der Waals surface area contributed by atoms with E-state index in [9.17, 15) is 15.2 Å². The first kappa shape index (κ1) is 12.1. The second-order valence-electron chi connectivity index (χ2n) is 4.19. The number of halogens is 1. The third-order valence-corrected chi connectivity index (χ3v) is 3.15. The van der Waals surface area contributed by atoms with E-state index in [2.05, 4.69) is 4.98 Å². The fourth-order valence-corrected chi connectivity index (χ4v) is 1.99. The second-order valence-corrected chi connectivity index (χ2v) is 4.62. The highest BCUT2D eigenvalue weighted by molar-refractivity contribution is 6.30. The van der Waals surface area contributed by atoms with Gasteiger partial charge in [-0.1, -0.05) is 18.5 Å². The molecule has 0 aliphatic carbocycles. The van der Waals surface area contributed by atoms with Crippen LogP contribution in [0.4, 0.5) is 11.5 Å². The molecule has 0 radical (unpaired) electrons. The van der Waals surface area contributed by atoms with E-state index >= 15 is 0 Å². The Morgan fingerprint density at radius 3 is 2.88 bits per heavy atom. The molecule has 1 N–H and O–H groups in total. The van der Waals surface area contributed by atoms with Crippen LogP contribution in [0.25, 0.3) is 0 Å². The quantitative estimate of drug-likeness (QED) is 0.657. The van der Waals surface area contributed by atoms with Crippen LogP contribution in [0.15, 0.2) is 12.3 Å². The smallest absolute Gasteiger partial charge is 0.313 e. The van der Waals surface area contributed by atoms with Gasteiger partial charge < -0.3 is 10.0 Å². The summed E-state index contributed by atoms with van der Waals surface area (Å²) in [4.78, 5) is 16.0. The van der Waals surface area contributed by atoms with Crippen molar-refractivity contribution in [3.05, 3.63) is 27.4 Å². The highest BCUT2D eigenvalue weighted by atomic mass is 35.5. The first-order valence-electron chi connectivity index (χ1n) is 5.22. The van der Waals surface area contributed by atoms with E-state index in [0.717, 1.165) is 0 Å². The fraction of sp³-hybridized carbons (Fsp3) is 0.500. The highest BCUT2D eigenvalue weighted by Gasteiger charge is 2.42. The minimum absolute atomic E-state index is 0.129. The SMILES string of the molecule is CCC1(O)CN(c2ncc(Cl)cc2[N+](=O)[O-])C1. The van der Waals surface area contributed by atoms with Crippen LogP contribution in [0, 0.1) is 10.1 Å². The first-order valence-corrected chi connectivity index (χ1v) is 5.60. The van der Waals surface area contributed by atoms with E-state index in [1.54, 1.807) is 4.90 Å². The standard InChI is InChI=1S/C10H12ClN3O3/c1-2-10(15)5-13(6-10)9-8(14(16)17)3-7(11)4-12-9/h3-4,15H,2,5-6H2,1H3. The number of nitro groups is 1. The van der Waals surface area contributed by atoms with Gasteiger partial charge in [-0.2, -0.15) is 0 Å². The van der Waals surface area contributed by atoms with E-state index in [0.29, 0.717) is 19.5 Å². The maximum atomic E-state index is 10.9. The van der Waals surface area contributed by atoms with Gasteiger partial charge in [0.25, 0.3) is 0 Å². The summed E-state index contributed by atoms with van der Waals surface area (Å²) in [7, 11) is 0. The van der Waals surface area contributed by atoms with Crippen molar-refractivity contribution in [3.8, 4) is 0 Å².